The van der Waals surface area contributed by atoms with Crippen molar-refractivity contribution in [2.45, 2.75) is 50.6 Å². The first-order chi connectivity index (χ1) is 20.5. The highest BCUT2D eigenvalue weighted by Crippen LogP contribution is 2.40. The summed E-state index contributed by atoms with van der Waals surface area (Å²) in [7, 11) is 1.59. The van der Waals surface area contributed by atoms with Crippen molar-refractivity contribution in [2.24, 2.45) is 5.92 Å². The maximum absolute atomic E-state index is 15.0. The van der Waals surface area contributed by atoms with Gasteiger partial charge in [0.15, 0.2) is 0 Å². The number of rotatable bonds is 10. The zero-order valence-electron chi connectivity index (χ0n) is 23.9. The van der Waals surface area contributed by atoms with E-state index in [9.17, 15) is 14.0 Å². The molecular weight excluding hydrogens is 527 g/mol. The second-order valence-electron chi connectivity index (χ2n) is 10.9. The topological polar surface area (TPSA) is 58.6 Å². The first kappa shape index (κ1) is 29.1. The summed E-state index contributed by atoms with van der Waals surface area (Å²) in [5, 5.41) is 3.06. The van der Waals surface area contributed by atoms with Gasteiger partial charge in [-0.2, -0.15) is 0 Å². The molecule has 1 fully saturated rings. The summed E-state index contributed by atoms with van der Waals surface area (Å²) in [5.74, 6) is -0.564. The van der Waals surface area contributed by atoms with Gasteiger partial charge in [0.1, 0.15) is 17.6 Å². The average Bonchev–Trinajstić information content (AvgIpc) is 3.05. The maximum Gasteiger partial charge on any atom is 0.248 e. The smallest absolute Gasteiger partial charge is 0.248 e. The molecule has 0 saturated heterocycles. The molecule has 42 heavy (non-hydrogen) atoms. The third-order valence-electron chi connectivity index (χ3n) is 8.14. The lowest BCUT2D eigenvalue weighted by Gasteiger charge is -2.37. The Kier molecular flexibility index (Phi) is 9.65. The van der Waals surface area contributed by atoms with Crippen molar-refractivity contribution in [3.63, 3.8) is 0 Å². The number of carbonyl (C=O) groups excluding carboxylic acids is 2. The summed E-state index contributed by atoms with van der Waals surface area (Å²) in [6.45, 7) is 0.308. The van der Waals surface area contributed by atoms with Crippen LogP contribution in [0.5, 0.6) is 5.75 Å². The number of amides is 2. The Morgan fingerprint density at radius 3 is 2.05 bits per heavy atom. The molecule has 2 atom stereocenters. The van der Waals surface area contributed by atoms with Gasteiger partial charge in [0, 0.05) is 12.2 Å². The van der Waals surface area contributed by atoms with Crippen LogP contribution in [0.15, 0.2) is 109 Å². The number of halogens is 1. The molecule has 4 aromatic carbocycles. The summed E-state index contributed by atoms with van der Waals surface area (Å²) in [6, 6.07) is 31.5. The lowest BCUT2D eigenvalue weighted by molar-refractivity contribution is -0.128. The highest BCUT2D eigenvalue weighted by atomic mass is 19.1. The fourth-order valence-electron chi connectivity index (χ4n) is 5.98. The van der Waals surface area contributed by atoms with Crippen LogP contribution in [0.4, 0.5) is 10.1 Å². The van der Waals surface area contributed by atoms with Crippen LogP contribution >= 0.6 is 0 Å². The van der Waals surface area contributed by atoms with Crippen molar-refractivity contribution >= 4 is 17.5 Å². The fourth-order valence-corrected chi connectivity index (χ4v) is 5.98. The van der Waals surface area contributed by atoms with Gasteiger partial charge in [-0.1, -0.05) is 92.1 Å². The standard InChI is InChI=1S/C36H37FN2O3/c1-42-32-23-17-29(18-24-32)34(35(40)38-25-26-11-5-2-6-12-26)39(31-21-19-30(37)20-22-31)36(41)33(27-13-7-3-8-14-27)28-15-9-4-10-16-28/h2-3,5-8,11-14,17-24,28,33-34H,4,9-10,15-16,25H2,1H3,(H,38,40)/t33-,34+/m1/s1. The first-order valence-electron chi connectivity index (χ1n) is 14.6. The van der Waals surface area contributed by atoms with Crippen molar-refractivity contribution in [3.05, 3.63) is 132 Å². The Balaban J connectivity index is 1.61. The lowest BCUT2D eigenvalue weighted by Crippen LogP contribution is -2.47. The van der Waals surface area contributed by atoms with E-state index < -0.39 is 17.8 Å². The van der Waals surface area contributed by atoms with Crippen LogP contribution in [-0.4, -0.2) is 18.9 Å². The van der Waals surface area contributed by atoms with Crippen molar-refractivity contribution in [2.75, 3.05) is 12.0 Å². The van der Waals surface area contributed by atoms with E-state index in [0.29, 0.717) is 23.5 Å². The Morgan fingerprint density at radius 2 is 1.43 bits per heavy atom. The normalized spacial score (nSPS) is 14.9. The second kappa shape index (κ2) is 13.9. The molecule has 2 amide bonds. The molecule has 0 spiro atoms. The lowest BCUT2D eigenvalue weighted by atomic mass is 9.75. The van der Waals surface area contributed by atoms with Crippen LogP contribution in [0.1, 0.15) is 60.8 Å². The largest absolute Gasteiger partial charge is 0.497 e. The number of hydrogen-bond acceptors (Lipinski definition) is 3. The van der Waals surface area contributed by atoms with Crippen LogP contribution in [0.2, 0.25) is 0 Å². The summed E-state index contributed by atoms with van der Waals surface area (Å²) in [6.07, 6.45) is 5.17. The van der Waals surface area contributed by atoms with Gasteiger partial charge in [0.05, 0.1) is 13.0 Å². The van der Waals surface area contributed by atoms with Gasteiger partial charge in [0.2, 0.25) is 11.8 Å². The number of hydrogen-bond donors (Lipinski definition) is 1. The van der Waals surface area contributed by atoms with Gasteiger partial charge in [-0.05, 0) is 71.8 Å². The summed E-state index contributed by atoms with van der Waals surface area (Å²) in [5.41, 5.74) is 2.98. The SMILES string of the molecule is COc1ccc([C@@H](C(=O)NCc2ccccc2)N(C(=O)[C@H](c2ccccc2)C2CCCCC2)c2ccc(F)cc2)cc1. The van der Waals surface area contributed by atoms with Gasteiger partial charge in [-0.25, -0.2) is 4.39 Å². The van der Waals surface area contributed by atoms with E-state index in [1.165, 1.54) is 12.1 Å². The fraction of sp³-hybridized carbons (Fsp3) is 0.278. The van der Waals surface area contributed by atoms with Gasteiger partial charge in [0.25, 0.3) is 0 Å². The Morgan fingerprint density at radius 1 is 0.810 bits per heavy atom. The molecule has 0 aromatic heterocycles. The Bertz CT molecular complexity index is 1440. The van der Waals surface area contributed by atoms with Gasteiger partial charge < -0.3 is 10.1 Å². The van der Waals surface area contributed by atoms with Crippen molar-refractivity contribution in [3.8, 4) is 5.75 Å². The minimum atomic E-state index is -0.993. The third kappa shape index (κ3) is 6.88. The number of ether oxygens (including phenoxy) is 1. The van der Waals surface area contributed by atoms with Crippen LogP contribution in [0.25, 0.3) is 0 Å². The van der Waals surface area contributed by atoms with Gasteiger partial charge >= 0.3 is 0 Å². The molecule has 0 unspecified atom stereocenters. The average molecular weight is 565 g/mol. The zero-order chi connectivity index (χ0) is 29.3. The maximum atomic E-state index is 15.0. The number of nitrogens with zero attached hydrogens (tertiary/aromatic N) is 1. The quantitative estimate of drug-likeness (QED) is 0.216. The van der Waals surface area contributed by atoms with Crippen molar-refractivity contribution in [1.29, 1.82) is 0 Å². The molecule has 1 N–H and O–H groups in total. The molecule has 6 heteroatoms. The summed E-state index contributed by atoms with van der Waals surface area (Å²) < 4.78 is 19.5. The minimum Gasteiger partial charge on any atom is -0.497 e. The van der Waals surface area contributed by atoms with E-state index in [0.717, 1.165) is 43.2 Å². The summed E-state index contributed by atoms with van der Waals surface area (Å²) >= 11 is 0. The molecule has 1 aliphatic rings. The molecule has 0 aliphatic heterocycles. The molecule has 0 radical (unpaired) electrons. The number of benzene rings is 4. The number of carbonyl (C=O) groups is 2. The van der Waals surface area contributed by atoms with Gasteiger partial charge in [-0.3, -0.25) is 14.5 Å². The van der Waals surface area contributed by atoms with E-state index in [1.807, 2.05) is 72.8 Å². The van der Waals surface area contributed by atoms with E-state index >= 15 is 0 Å². The first-order valence-corrected chi connectivity index (χ1v) is 14.6. The number of methoxy groups -OCH3 is 1. The predicted molar refractivity (Wildman–Crippen MR) is 164 cm³/mol. The molecule has 1 aliphatic carbocycles. The third-order valence-corrected chi connectivity index (χ3v) is 8.14. The molecule has 0 bridgehead atoms. The van der Waals surface area contributed by atoms with Crippen molar-refractivity contribution < 1.29 is 18.7 Å². The van der Waals surface area contributed by atoms with Crippen LogP contribution < -0.4 is 15.0 Å². The molecule has 216 valence electrons. The van der Waals surface area contributed by atoms with Gasteiger partial charge in [-0.15, -0.1) is 0 Å². The Hall–Kier alpha value is -4.45. The minimum absolute atomic E-state index is 0.139. The molecular formula is C36H37FN2O3. The van der Waals surface area contributed by atoms with E-state index in [2.05, 4.69) is 5.32 Å². The highest BCUT2D eigenvalue weighted by Gasteiger charge is 2.40. The molecule has 1 saturated carbocycles. The highest BCUT2D eigenvalue weighted by molar-refractivity contribution is 6.04. The molecule has 5 rings (SSSR count). The number of nitrogens with one attached hydrogen (secondary N) is 1. The molecule has 4 aromatic rings. The van der Waals surface area contributed by atoms with Crippen LogP contribution in [0.3, 0.4) is 0 Å². The van der Waals surface area contributed by atoms with E-state index in [4.69, 9.17) is 4.74 Å². The van der Waals surface area contributed by atoms with E-state index in [1.54, 1.807) is 36.3 Å². The van der Waals surface area contributed by atoms with E-state index in [-0.39, 0.29) is 17.7 Å². The molecule has 0 heterocycles. The Labute approximate surface area is 247 Å². The zero-order valence-corrected chi connectivity index (χ0v) is 23.9. The number of anilines is 1. The summed E-state index contributed by atoms with van der Waals surface area (Å²) in [4.78, 5) is 30.7. The van der Waals surface area contributed by atoms with Crippen LogP contribution in [-0.2, 0) is 16.1 Å². The van der Waals surface area contributed by atoms with Crippen LogP contribution in [0, 0.1) is 11.7 Å². The predicted octanol–water partition coefficient (Wildman–Crippen LogP) is 7.59. The monoisotopic (exact) mass is 564 g/mol. The van der Waals surface area contributed by atoms with Crippen molar-refractivity contribution in [1.82, 2.24) is 5.32 Å². The molecule has 5 nitrogen and oxygen atoms in total. The second-order valence-corrected chi connectivity index (χ2v) is 10.9.